The van der Waals surface area contributed by atoms with E-state index < -0.39 is 10.0 Å². The number of nitrogens with one attached hydrogen (secondary N) is 1. The first-order chi connectivity index (χ1) is 9.92. The summed E-state index contributed by atoms with van der Waals surface area (Å²) in [6, 6.07) is 5.12. The van der Waals surface area contributed by atoms with Crippen molar-refractivity contribution in [2.45, 2.75) is 25.2 Å². The topological polar surface area (TPSA) is 84.8 Å². The summed E-state index contributed by atoms with van der Waals surface area (Å²) in [6.07, 6.45) is 0.208. The van der Waals surface area contributed by atoms with Crippen LogP contribution in [0.1, 0.15) is 18.9 Å². The van der Waals surface area contributed by atoms with E-state index in [-0.39, 0.29) is 22.5 Å². The number of aryl methyl sites for hydroxylation is 1. The highest BCUT2D eigenvalue weighted by molar-refractivity contribution is 8.14. The fraction of sp³-hybridized carbons (Fsp3) is 0.385. The Labute approximate surface area is 128 Å². The van der Waals surface area contributed by atoms with Crippen molar-refractivity contribution in [3.8, 4) is 0 Å². The van der Waals surface area contributed by atoms with Gasteiger partial charge in [0.25, 0.3) is 10.0 Å². The van der Waals surface area contributed by atoms with Gasteiger partial charge in [0, 0.05) is 5.75 Å². The minimum atomic E-state index is -3.69. The van der Waals surface area contributed by atoms with Gasteiger partial charge in [-0.25, -0.2) is 0 Å². The summed E-state index contributed by atoms with van der Waals surface area (Å²) in [5.41, 5.74) is 1.36. The number of hydrogen-bond donors (Lipinski definition) is 1. The molecule has 0 unspecified atom stereocenters. The minimum absolute atomic E-state index is 0.178. The van der Waals surface area contributed by atoms with Crippen LogP contribution >= 0.6 is 11.8 Å². The van der Waals surface area contributed by atoms with Gasteiger partial charge < -0.3 is 10.1 Å². The number of sulfonamides is 1. The molecule has 0 bridgehead atoms. The molecule has 21 heavy (non-hydrogen) atoms. The highest BCUT2D eigenvalue weighted by Crippen LogP contribution is 2.30. The van der Waals surface area contributed by atoms with E-state index in [2.05, 4.69) is 9.71 Å². The molecule has 0 fully saturated rings. The van der Waals surface area contributed by atoms with Crippen molar-refractivity contribution in [3.63, 3.8) is 0 Å². The number of ether oxygens (including phenoxy) is 1. The standard InChI is InChI=1S/C13H16N2O4S2/c1-3-19-12(16)6-7-20-13-14-10-5-4-9(2)8-11(10)21(17,18)15-13/h4-5,8H,3,6-7H2,1-2H3,(H,14,15). The highest BCUT2D eigenvalue weighted by atomic mass is 32.2. The Balaban J connectivity index is 2.06. The molecule has 0 aromatic heterocycles. The Kier molecular flexibility index (Phi) is 4.89. The number of benzene rings is 1. The molecule has 1 aliphatic heterocycles. The molecule has 2 rings (SSSR count). The molecule has 0 saturated heterocycles. The van der Waals surface area contributed by atoms with Gasteiger partial charge in [-0.05, 0) is 31.5 Å². The van der Waals surface area contributed by atoms with Crippen molar-refractivity contribution in [1.82, 2.24) is 0 Å². The van der Waals surface area contributed by atoms with Crippen molar-refractivity contribution in [1.29, 1.82) is 0 Å². The summed E-state index contributed by atoms with van der Waals surface area (Å²) < 4.78 is 32.7. The Hall–Kier alpha value is -1.54. The van der Waals surface area contributed by atoms with Crippen LogP contribution in [0.25, 0.3) is 0 Å². The minimum Gasteiger partial charge on any atom is -0.466 e. The number of hydrogen-bond acceptors (Lipinski definition) is 6. The summed E-state index contributed by atoms with van der Waals surface area (Å²) in [4.78, 5) is 11.4. The molecule has 1 heterocycles. The van der Waals surface area contributed by atoms with Crippen LogP contribution in [0.15, 0.2) is 27.5 Å². The van der Waals surface area contributed by atoms with Crippen molar-refractivity contribution >= 4 is 38.6 Å². The second kappa shape index (κ2) is 6.48. The fourth-order valence-corrected chi connectivity index (χ4v) is 4.01. The van der Waals surface area contributed by atoms with E-state index in [1.54, 1.807) is 19.1 Å². The van der Waals surface area contributed by atoms with Gasteiger partial charge in [0.05, 0.1) is 18.7 Å². The number of rotatable bonds is 4. The molecular weight excluding hydrogens is 312 g/mol. The molecule has 1 aliphatic rings. The fourth-order valence-electron chi connectivity index (χ4n) is 1.77. The maximum Gasteiger partial charge on any atom is 0.306 e. The summed E-state index contributed by atoms with van der Waals surface area (Å²) in [5, 5.41) is 3.24. The van der Waals surface area contributed by atoms with Crippen LogP contribution in [0.4, 0.5) is 5.69 Å². The van der Waals surface area contributed by atoms with Gasteiger partial charge in [-0.3, -0.25) is 4.79 Å². The van der Waals surface area contributed by atoms with Crippen LogP contribution in [-0.4, -0.2) is 31.9 Å². The van der Waals surface area contributed by atoms with Crippen LogP contribution in [-0.2, 0) is 19.6 Å². The number of amidine groups is 1. The predicted octanol–water partition coefficient (Wildman–Crippen LogP) is 2.15. The number of esters is 1. The van der Waals surface area contributed by atoms with E-state index in [0.717, 1.165) is 5.56 Å². The molecule has 1 N–H and O–H groups in total. The monoisotopic (exact) mass is 328 g/mol. The Morgan fingerprint density at radius 2 is 2.19 bits per heavy atom. The van der Waals surface area contributed by atoms with Crippen LogP contribution in [0.3, 0.4) is 0 Å². The van der Waals surface area contributed by atoms with Gasteiger partial charge in [-0.15, -0.1) is 4.40 Å². The average molecular weight is 328 g/mol. The second-order valence-corrected chi connectivity index (χ2v) is 7.06. The molecule has 8 heteroatoms. The SMILES string of the molecule is CCOC(=O)CCSC1=NS(=O)(=O)c2cc(C)ccc2N1. The van der Waals surface area contributed by atoms with E-state index >= 15 is 0 Å². The van der Waals surface area contributed by atoms with Crippen molar-refractivity contribution in [3.05, 3.63) is 23.8 Å². The second-order valence-electron chi connectivity index (χ2n) is 4.40. The van der Waals surface area contributed by atoms with Crippen molar-refractivity contribution in [2.24, 2.45) is 4.40 Å². The lowest BCUT2D eigenvalue weighted by atomic mass is 10.2. The van der Waals surface area contributed by atoms with Gasteiger partial charge in [-0.2, -0.15) is 8.42 Å². The normalized spacial score (nSPS) is 15.6. The van der Waals surface area contributed by atoms with E-state index in [4.69, 9.17) is 4.74 Å². The largest absolute Gasteiger partial charge is 0.466 e. The summed E-state index contributed by atoms with van der Waals surface area (Å²) >= 11 is 1.18. The van der Waals surface area contributed by atoms with Crippen molar-refractivity contribution in [2.75, 3.05) is 17.7 Å². The molecule has 0 aliphatic carbocycles. The lowest BCUT2D eigenvalue weighted by Crippen LogP contribution is -2.19. The number of carbonyl (C=O) groups is 1. The van der Waals surface area contributed by atoms with Crippen LogP contribution in [0, 0.1) is 6.92 Å². The molecule has 6 nitrogen and oxygen atoms in total. The van der Waals surface area contributed by atoms with Crippen LogP contribution in [0.2, 0.25) is 0 Å². The lowest BCUT2D eigenvalue weighted by Gasteiger charge is -2.17. The molecule has 114 valence electrons. The molecule has 0 spiro atoms. The lowest BCUT2D eigenvalue weighted by molar-refractivity contribution is -0.142. The molecule has 0 radical (unpaired) electrons. The number of carbonyl (C=O) groups excluding carboxylic acids is 1. The zero-order valence-electron chi connectivity index (χ0n) is 11.8. The van der Waals surface area contributed by atoms with Gasteiger partial charge in [-0.1, -0.05) is 17.8 Å². The third-order valence-electron chi connectivity index (χ3n) is 2.71. The summed E-state index contributed by atoms with van der Waals surface area (Å²) in [6.45, 7) is 3.90. The zero-order chi connectivity index (χ0) is 15.5. The van der Waals surface area contributed by atoms with Gasteiger partial charge >= 0.3 is 5.97 Å². The maximum absolute atomic E-state index is 12.1. The molecule has 0 atom stereocenters. The number of thioether (sulfide) groups is 1. The Bertz CT molecular complexity index is 683. The van der Waals surface area contributed by atoms with Gasteiger partial charge in [0.1, 0.15) is 4.90 Å². The quantitative estimate of drug-likeness (QED) is 0.853. The van der Waals surface area contributed by atoms with Gasteiger partial charge in [0.15, 0.2) is 5.17 Å². The predicted molar refractivity (Wildman–Crippen MR) is 83.1 cm³/mol. The first kappa shape index (κ1) is 15.8. The van der Waals surface area contributed by atoms with Crippen LogP contribution in [0.5, 0.6) is 0 Å². The molecule has 0 amide bonds. The number of fused-ring (bicyclic) bond motifs is 1. The van der Waals surface area contributed by atoms with Crippen LogP contribution < -0.4 is 5.32 Å². The summed E-state index contributed by atoms with van der Waals surface area (Å²) in [7, 11) is -3.69. The number of anilines is 1. The molecule has 0 saturated carbocycles. The van der Waals surface area contributed by atoms with E-state index in [1.807, 2.05) is 13.0 Å². The first-order valence-electron chi connectivity index (χ1n) is 6.43. The highest BCUT2D eigenvalue weighted by Gasteiger charge is 2.25. The first-order valence-corrected chi connectivity index (χ1v) is 8.86. The zero-order valence-corrected chi connectivity index (χ0v) is 13.4. The molecule has 1 aromatic rings. The number of nitrogens with zero attached hydrogens (tertiary/aromatic N) is 1. The van der Waals surface area contributed by atoms with E-state index in [1.165, 1.54) is 11.8 Å². The maximum atomic E-state index is 12.1. The average Bonchev–Trinajstić information content (AvgIpc) is 2.39. The molecular formula is C13H16N2O4S2. The van der Waals surface area contributed by atoms with Crippen molar-refractivity contribution < 1.29 is 17.9 Å². The Morgan fingerprint density at radius 3 is 2.90 bits per heavy atom. The van der Waals surface area contributed by atoms with Gasteiger partial charge in [0.2, 0.25) is 0 Å². The van der Waals surface area contributed by atoms with E-state index in [0.29, 0.717) is 18.0 Å². The summed E-state index contributed by atoms with van der Waals surface area (Å²) in [5.74, 6) is 0.0989. The smallest absolute Gasteiger partial charge is 0.306 e. The third-order valence-corrected chi connectivity index (χ3v) is 5.02. The molecule has 1 aromatic carbocycles. The van der Waals surface area contributed by atoms with E-state index in [9.17, 15) is 13.2 Å². The Morgan fingerprint density at radius 1 is 1.43 bits per heavy atom. The third kappa shape index (κ3) is 3.98.